The number of carbonyl (C=O) groups excluding carboxylic acids is 1. The quantitative estimate of drug-likeness (QED) is 0.722. The van der Waals surface area contributed by atoms with Gasteiger partial charge in [-0.2, -0.15) is 0 Å². The Labute approximate surface area is 123 Å². The Morgan fingerprint density at radius 2 is 1.95 bits per heavy atom. The van der Waals surface area contributed by atoms with Gasteiger partial charge < -0.3 is 9.88 Å². The number of hydrogen-bond donors (Lipinski definition) is 1. The predicted octanol–water partition coefficient (Wildman–Crippen LogP) is 3.81. The van der Waals surface area contributed by atoms with Crippen LogP contribution >= 0.6 is 0 Å². The number of aromatic nitrogens is 1. The Morgan fingerprint density at radius 3 is 2.71 bits per heavy atom. The molecule has 1 N–H and O–H groups in total. The van der Waals surface area contributed by atoms with E-state index in [9.17, 15) is 4.79 Å². The maximum absolute atomic E-state index is 11.3. The molecule has 1 aromatic heterocycles. The van der Waals surface area contributed by atoms with Gasteiger partial charge in [-0.15, -0.1) is 0 Å². The summed E-state index contributed by atoms with van der Waals surface area (Å²) in [7, 11) is 0. The molecular formula is C18H16N2O. The Hall–Kier alpha value is -2.81. The van der Waals surface area contributed by atoms with Crippen LogP contribution in [0, 0.1) is 0 Å². The van der Waals surface area contributed by atoms with Crippen LogP contribution in [0.25, 0.3) is 10.9 Å². The first-order valence-electron chi connectivity index (χ1n) is 6.82. The molecule has 0 radical (unpaired) electrons. The molecular weight excluding hydrogens is 260 g/mol. The van der Waals surface area contributed by atoms with Crippen molar-refractivity contribution in [3.05, 3.63) is 79.0 Å². The minimum absolute atomic E-state index is 0.196. The van der Waals surface area contributed by atoms with E-state index in [2.05, 4.69) is 40.9 Å². The summed E-state index contributed by atoms with van der Waals surface area (Å²) in [5, 5.41) is 3.88. The molecule has 3 heteroatoms. The molecule has 0 aliphatic heterocycles. The van der Waals surface area contributed by atoms with Gasteiger partial charge in [0.15, 0.2) is 0 Å². The van der Waals surface area contributed by atoms with Gasteiger partial charge in [0.2, 0.25) is 5.91 Å². The van der Waals surface area contributed by atoms with Gasteiger partial charge in [-0.05, 0) is 35.9 Å². The third-order valence-corrected chi connectivity index (χ3v) is 3.42. The lowest BCUT2D eigenvalue weighted by molar-refractivity contribution is -0.111. The van der Waals surface area contributed by atoms with Crippen molar-refractivity contribution in [2.75, 3.05) is 5.32 Å². The molecule has 3 nitrogen and oxygen atoms in total. The van der Waals surface area contributed by atoms with Gasteiger partial charge in [0.1, 0.15) is 0 Å². The first-order chi connectivity index (χ1) is 10.3. The molecule has 0 bridgehead atoms. The average Bonchev–Trinajstić information content (AvgIpc) is 2.90. The highest BCUT2D eigenvalue weighted by Crippen LogP contribution is 2.21. The fourth-order valence-electron chi connectivity index (χ4n) is 2.39. The molecule has 1 amide bonds. The van der Waals surface area contributed by atoms with Crippen LogP contribution < -0.4 is 5.32 Å². The third kappa shape index (κ3) is 2.87. The lowest BCUT2D eigenvalue weighted by atomic mass is 10.2. The van der Waals surface area contributed by atoms with Crippen LogP contribution in [0.1, 0.15) is 5.56 Å². The van der Waals surface area contributed by atoms with Crippen LogP contribution in [0.4, 0.5) is 5.69 Å². The fraction of sp³-hybridized carbons (Fsp3) is 0.0556. The van der Waals surface area contributed by atoms with Gasteiger partial charge >= 0.3 is 0 Å². The maximum Gasteiger partial charge on any atom is 0.247 e. The van der Waals surface area contributed by atoms with Gasteiger partial charge in [-0.3, -0.25) is 4.79 Å². The minimum Gasteiger partial charge on any atom is -0.343 e. The summed E-state index contributed by atoms with van der Waals surface area (Å²) in [5.41, 5.74) is 3.19. The molecule has 1 heterocycles. The topological polar surface area (TPSA) is 34.0 Å². The van der Waals surface area contributed by atoms with Gasteiger partial charge in [-0.1, -0.05) is 36.9 Å². The van der Waals surface area contributed by atoms with E-state index < -0.39 is 0 Å². The highest BCUT2D eigenvalue weighted by atomic mass is 16.1. The lowest BCUT2D eigenvalue weighted by Gasteiger charge is -2.07. The molecule has 3 aromatic rings. The summed E-state index contributed by atoms with van der Waals surface area (Å²) >= 11 is 0. The molecule has 2 aromatic carbocycles. The SMILES string of the molecule is C=CC(=O)Nc1ccc2c(ccn2Cc2ccccc2)c1. The number of nitrogens with one attached hydrogen (secondary N) is 1. The number of amides is 1. The molecule has 0 unspecified atom stereocenters. The summed E-state index contributed by atoms with van der Waals surface area (Å²) in [6, 6.07) is 18.3. The standard InChI is InChI=1S/C18H16N2O/c1-2-18(21)19-16-8-9-17-15(12-16)10-11-20(17)13-14-6-4-3-5-7-14/h2-12H,1,13H2,(H,19,21). The van der Waals surface area contributed by atoms with Crippen molar-refractivity contribution >= 4 is 22.5 Å². The van der Waals surface area contributed by atoms with Crippen LogP contribution in [0.15, 0.2) is 73.4 Å². The average molecular weight is 276 g/mol. The molecule has 0 fully saturated rings. The highest BCUT2D eigenvalue weighted by molar-refractivity contribution is 6.00. The molecule has 0 spiro atoms. The number of fused-ring (bicyclic) bond motifs is 1. The Bertz CT molecular complexity index is 787. The third-order valence-electron chi connectivity index (χ3n) is 3.42. The van der Waals surface area contributed by atoms with Crippen molar-refractivity contribution < 1.29 is 4.79 Å². The van der Waals surface area contributed by atoms with E-state index in [0.717, 1.165) is 23.1 Å². The molecule has 0 saturated carbocycles. The van der Waals surface area contributed by atoms with Crippen LogP contribution in [0.2, 0.25) is 0 Å². The zero-order chi connectivity index (χ0) is 14.7. The summed E-state index contributed by atoms with van der Waals surface area (Å²) < 4.78 is 2.20. The Kier molecular flexibility index (Phi) is 3.56. The van der Waals surface area contributed by atoms with E-state index in [1.807, 2.05) is 36.4 Å². The number of carbonyl (C=O) groups is 1. The van der Waals surface area contributed by atoms with Crippen molar-refractivity contribution in [3.63, 3.8) is 0 Å². The van der Waals surface area contributed by atoms with Gasteiger partial charge in [0.25, 0.3) is 0 Å². The zero-order valence-corrected chi connectivity index (χ0v) is 11.6. The van der Waals surface area contributed by atoms with E-state index in [1.54, 1.807) is 0 Å². The van der Waals surface area contributed by atoms with E-state index in [1.165, 1.54) is 11.6 Å². The van der Waals surface area contributed by atoms with Crippen molar-refractivity contribution in [2.24, 2.45) is 0 Å². The Balaban J connectivity index is 1.89. The second-order valence-corrected chi connectivity index (χ2v) is 4.90. The Morgan fingerprint density at radius 1 is 1.14 bits per heavy atom. The van der Waals surface area contributed by atoms with Gasteiger partial charge in [0, 0.05) is 29.3 Å². The van der Waals surface area contributed by atoms with Crippen molar-refractivity contribution in [1.82, 2.24) is 4.57 Å². The van der Waals surface area contributed by atoms with E-state index >= 15 is 0 Å². The molecule has 104 valence electrons. The summed E-state index contributed by atoms with van der Waals surface area (Å²) in [5.74, 6) is -0.196. The van der Waals surface area contributed by atoms with Crippen molar-refractivity contribution in [3.8, 4) is 0 Å². The van der Waals surface area contributed by atoms with Crippen molar-refractivity contribution in [1.29, 1.82) is 0 Å². The van der Waals surface area contributed by atoms with Crippen LogP contribution in [-0.4, -0.2) is 10.5 Å². The second-order valence-electron chi connectivity index (χ2n) is 4.90. The molecule has 21 heavy (non-hydrogen) atoms. The largest absolute Gasteiger partial charge is 0.343 e. The molecule has 0 aliphatic carbocycles. The lowest BCUT2D eigenvalue weighted by Crippen LogP contribution is -2.07. The first kappa shape index (κ1) is 13.2. The first-order valence-corrected chi connectivity index (χ1v) is 6.82. The molecule has 3 rings (SSSR count). The van der Waals surface area contributed by atoms with Crippen LogP contribution in [0.5, 0.6) is 0 Å². The van der Waals surface area contributed by atoms with Crippen LogP contribution in [0.3, 0.4) is 0 Å². The minimum atomic E-state index is -0.196. The van der Waals surface area contributed by atoms with E-state index in [0.29, 0.717) is 0 Å². The monoisotopic (exact) mass is 276 g/mol. The smallest absolute Gasteiger partial charge is 0.247 e. The van der Waals surface area contributed by atoms with Crippen molar-refractivity contribution in [2.45, 2.75) is 6.54 Å². The summed E-state index contributed by atoms with van der Waals surface area (Å²) in [6.07, 6.45) is 3.33. The van der Waals surface area contributed by atoms with Gasteiger partial charge in [-0.25, -0.2) is 0 Å². The number of anilines is 1. The summed E-state index contributed by atoms with van der Waals surface area (Å²) in [4.78, 5) is 11.3. The normalized spacial score (nSPS) is 10.5. The number of benzene rings is 2. The molecule has 0 saturated heterocycles. The second kappa shape index (κ2) is 5.67. The van der Waals surface area contributed by atoms with Crippen LogP contribution in [-0.2, 0) is 11.3 Å². The molecule has 0 aliphatic rings. The number of rotatable bonds is 4. The zero-order valence-electron chi connectivity index (χ0n) is 11.6. The maximum atomic E-state index is 11.3. The highest BCUT2D eigenvalue weighted by Gasteiger charge is 2.04. The molecule has 0 atom stereocenters. The number of nitrogens with zero attached hydrogens (tertiary/aromatic N) is 1. The predicted molar refractivity (Wildman–Crippen MR) is 86.3 cm³/mol. The fourth-order valence-corrected chi connectivity index (χ4v) is 2.39. The number of hydrogen-bond acceptors (Lipinski definition) is 1. The summed E-state index contributed by atoms with van der Waals surface area (Å²) in [6.45, 7) is 4.29. The van der Waals surface area contributed by atoms with E-state index in [4.69, 9.17) is 0 Å². The van der Waals surface area contributed by atoms with Gasteiger partial charge in [0.05, 0.1) is 0 Å². The van der Waals surface area contributed by atoms with E-state index in [-0.39, 0.29) is 5.91 Å².